The Kier molecular flexibility index (Phi) is 5.27. The molecular weight excluding hydrogens is 324 g/mol. The molecule has 1 aliphatic carbocycles. The van der Waals surface area contributed by atoms with Crippen LogP contribution in [0, 0.1) is 0 Å². The lowest BCUT2D eigenvalue weighted by Crippen LogP contribution is -2.47. The fourth-order valence-electron chi connectivity index (χ4n) is 4.78. The molecule has 1 saturated carbocycles. The van der Waals surface area contributed by atoms with Crippen molar-refractivity contribution in [1.82, 2.24) is 20.5 Å². The molecule has 5 heteroatoms. The lowest BCUT2D eigenvalue weighted by atomic mass is 9.68. The second-order valence-corrected chi connectivity index (χ2v) is 7.84. The third-order valence-corrected chi connectivity index (χ3v) is 6.13. The van der Waals surface area contributed by atoms with Gasteiger partial charge in [-0.25, -0.2) is 0 Å². The molecular formula is C21H28N4O. The molecule has 5 nitrogen and oxygen atoms in total. The van der Waals surface area contributed by atoms with Crippen LogP contribution in [-0.2, 0) is 16.7 Å². The van der Waals surface area contributed by atoms with E-state index in [-0.39, 0.29) is 11.0 Å². The highest BCUT2D eigenvalue weighted by atomic mass is 16.5. The highest BCUT2D eigenvalue weighted by molar-refractivity contribution is 5.20. The van der Waals surface area contributed by atoms with Gasteiger partial charge in [-0.1, -0.05) is 18.9 Å². The summed E-state index contributed by atoms with van der Waals surface area (Å²) in [4.78, 5) is 4.76. The Morgan fingerprint density at radius 3 is 2.73 bits per heavy atom. The average molecular weight is 352 g/mol. The SMILES string of the molecule is c1ccc([C@@]2(CCNCc3ccnnc3)CCOC3(CCCC3)C2)nc1. The molecule has 2 aliphatic rings. The molecule has 138 valence electrons. The van der Waals surface area contributed by atoms with Crippen LogP contribution in [0.2, 0.25) is 0 Å². The van der Waals surface area contributed by atoms with Gasteiger partial charge < -0.3 is 10.1 Å². The van der Waals surface area contributed by atoms with Crippen LogP contribution in [0.1, 0.15) is 56.2 Å². The molecule has 1 N–H and O–H groups in total. The lowest BCUT2D eigenvalue weighted by Gasteiger charge is -2.46. The Morgan fingerprint density at radius 1 is 1.04 bits per heavy atom. The summed E-state index contributed by atoms with van der Waals surface area (Å²) < 4.78 is 6.32. The standard InChI is InChI=1S/C21H28N4O/c1-4-11-23-19(5-1)20(9-13-22-15-18-6-12-24-25-16-18)10-14-26-21(17-20)7-2-3-8-21/h1,4-6,11-12,16,22H,2-3,7-10,13-15,17H2/t20-/m0/s1. The van der Waals surface area contributed by atoms with Crippen LogP contribution in [0.5, 0.6) is 0 Å². The zero-order valence-corrected chi connectivity index (χ0v) is 15.4. The molecule has 1 saturated heterocycles. The van der Waals surface area contributed by atoms with Crippen molar-refractivity contribution in [3.8, 4) is 0 Å². The van der Waals surface area contributed by atoms with E-state index in [0.29, 0.717) is 0 Å². The van der Waals surface area contributed by atoms with Gasteiger partial charge in [0.25, 0.3) is 0 Å². The molecule has 0 bridgehead atoms. The highest BCUT2D eigenvalue weighted by Gasteiger charge is 2.48. The van der Waals surface area contributed by atoms with Crippen molar-refractivity contribution in [3.05, 3.63) is 54.1 Å². The lowest BCUT2D eigenvalue weighted by molar-refractivity contribution is -0.104. The molecule has 3 heterocycles. The fraction of sp³-hybridized carbons (Fsp3) is 0.571. The van der Waals surface area contributed by atoms with E-state index in [4.69, 9.17) is 9.72 Å². The van der Waals surface area contributed by atoms with Crippen molar-refractivity contribution in [2.24, 2.45) is 0 Å². The summed E-state index contributed by atoms with van der Waals surface area (Å²) >= 11 is 0. The Bertz CT molecular complexity index is 688. The van der Waals surface area contributed by atoms with E-state index in [1.165, 1.54) is 36.9 Å². The molecule has 1 aliphatic heterocycles. The Balaban J connectivity index is 1.46. The van der Waals surface area contributed by atoms with Crippen molar-refractivity contribution in [2.45, 2.75) is 62.5 Å². The van der Waals surface area contributed by atoms with Gasteiger partial charge in [0.05, 0.1) is 11.8 Å². The molecule has 2 aromatic rings. The van der Waals surface area contributed by atoms with E-state index >= 15 is 0 Å². The highest BCUT2D eigenvalue weighted by Crippen LogP contribution is 2.49. The van der Waals surface area contributed by atoms with Crippen molar-refractivity contribution < 1.29 is 4.74 Å². The predicted molar refractivity (Wildman–Crippen MR) is 101 cm³/mol. The summed E-state index contributed by atoms with van der Waals surface area (Å²) in [5, 5.41) is 11.4. The maximum atomic E-state index is 6.32. The number of nitrogens with zero attached hydrogens (tertiary/aromatic N) is 3. The van der Waals surface area contributed by atoms with Crippen molar-refractivity contribution in [3.63, 3.8) is 0 Å². The average Bonchev–Trinajstić information content (AvgIpc) is 3.14. The molecule has 1 atom stereocenters. The quantitative estimate of drug-likeness (QED) is 0.807. The number of hydrogen-bond donors (Lipinski definition) is 1. The molecule has 2 aromatic heterocycles. The number of ether oxygens (including phenoxy) is 1. The normalized spacial score (nSPS) is 24.8. The second kappa shape index (κ2) is 7.80. The zero-order valence-electron chi connectivity index (χ0n) is 15.4. The smallest absolute Gasteiger partial charge is 0.0691 e. The van der Waals surface area contributed by atoms with E-state index < -0.39 is 0 Å². The largest absolute Gasteiger partial charge is 0.375 e. The molecule has 0 radical (unpaired) electrons. The molecule has 26 heavy (non-hydrogen) atoms. The minimum absolute atomic E-state index is 0.0881. The minimum atomic E-state index is 0.0881. The summed E-state index contributed by atoms with van der Waals surface area (Å²) in [6, 6.07) is 8.35. The van der Waals surface area contributed by atoms with Crippen LogP contribution < -0.4 is 5.32 Å². The monoisotopic (exact) mass is 352 g/mol. The number of aromatic nitrogens is 3. The first-order valence-electron chi connectivity index (χ1n) is 9.82. The van der Waals surface area contributed by atoms with Gasteiger partial charge in [0.2, 0.25) is 0 Å². The minimum Gasteiger partial charge on any atom is -0.375 e. The molecule has 0 amide bonds. The van der Waals surface area contributed by atoms with Crippen LogP contribution in [0.4, 0.5) is 0 Å². The topological polar surface area (TPSA) is 59.9 Å². The maximum Gasteiger partial charge on any atom is 0.0691 e. The number of rotatable bonds is 6. The van der Waals surface area contributed by atoms with Crippen molar-refractivity contribution in [2.75, 3.05) is 13.2 Å². The molecule has 0 aromatic carbocycles. The zero-order chi connectivity index (χ0) is 17.7. The maximum absolute atomic E-state index is 6.32. The van der Waals surface area contributed by atoms with E-state index in [0.717, 1.165) is 39.0 Å². The van der Waals surface area contributed by atoms with Gasteiger partial charge >= 0.3 is 0 Å². The van der Waals surface area contributed by atoms with Gasteiger partial charge in [-0.3, -0.25) is 4.98 Å². The van der Waals surface area contributed by atoms with Gasteiger partial charge in [-0.15, -0.1) is 0 Å². The van der Waals surface area contributed by atoms with E-state index in [1.54, 1.807) is 6.20 Å². The van der Waals surface area contributed by atoms with Gasteiger partial charge in [0.15, 0.2) is 0 Å². The summed E-state index contributed by atoms with van der Waals surface area (Å²) in [7, 11) is 0. The van der Waals surface area contributed by atoms with E-state index in [9.17, 15) is 0 Å². The first-order chi connectivity index (χ1) is 12.8. The van der Waals surface area contributed by atoms with Crippen LogP contribution in [0.25, 0.3) is 0 Å². The fourth-order valence-corrected chi connectivity index (χ4v) is 4.78. The number of hydrogen-bond acceptors (Lipinski definition) is 5. The third kappa shape index (κ3) is 3.79. The van der Waals surface area contributed by atoms with Gasteiger partial charge in [0.1, 0.15) is 0 Å². The predicted octanol–water partition coefficient (Wildman–Crippen LogP) is 3.41. The van der Waals surface area contributed by atoms with Gasteiger partial charge in [-0.2, -0.15) is 10.2 Å². The van der Waals surface area contributed by atoms with Crippen LogP contribution in [0.15, 0.2) is 42.9 Å². The van der Waals surface area contributed by atoms with Crippen LogP contribution in [-0.4, -0.2) is 33.9 Å². The third-order valence-electron chi connectivity index (χ3n) is 6.13. The molecule has 0 unspecified atom stereocenters. The molecule has 4 rings (SSSR count). The number of nitrogens with one attached hydrogen (secondary N) is 1. The van der Waals surface area contributed by atoms with E-state index in [2.05, 4.69) is 27.6 Å². The summed E-state index contributed by atoms with van der Waals surface area (Å²) in [6.45, 7) is 2.65. The molecule has 1 spiro atoms. The van der Waals surface area contributed by atoms with Gasteiger partial charge in [-0.05, 0) is 62.4 Å². The summed E-state index contributed by atoms with van der Waals surface area (Å²) in [5.41, 5.74) is 2.62. The van der Waals surface area contributed by atoms with Crippen LogP contribution >= 0.6 is 0 Å². The van der Waals surface area contributed by atoms with E-state index in [1.807, 2.05) is 24.5 Å². The Hall–Kier alpha value is -1.85. The Labute approximate surface area is 155 Å². The van der Waals surface area contributed by atoms with Crippen LogP contribution in [0.3, 0.4) is 0 Å². The summed E-state index contributed by atoms with van der Waals surface area (Å²) in [6.07, 6.45) is 13.8. The second-order valence-electron chi connectivity index (χ2n) is 7.84. The van der Waals surface area contributed by atoms with Crippen molar-refractivity contribution >= 4 is 0 Å². The van der Waals surface area contributed by atoms with Gasteiger partial charge in [0, 0.05) is 36.7 Å². The Morgan fingerprint density at radius 2 is 1.96 bits per heavy atom. The number of pyridine rings is 1. The first-order valence-corrected chi connectivity index (χ1v) is 9.82. The molecule has 2 fully saturated rings. The van der Waals surface area contributed by atoms with Crippen molar-refractivity contribution in [1.29, 1.82) is 0 Å². The summed E-state index contributed by atoms with van der Waals surface area (Å²) in [5.74, 6) is 0. The first kappa shape index (κ1) is 17.6.